The van der Waals surface area contributed by atoms with E-state index < -0.39 is 0 Å². The van der Waals surface area contributed by atoms with Crippen LogP contribution in [-0.2, 0) is 7.05 Å². The van der Waals surface area contributed by atoms with Gasteiger partial charge in [0.2, 0.25) is 5.95 Å². The van der Waals surface area contributed by atoms with Crippen molar-refractivity contribution in [3.63, 3.8) is 0 Å². The number of nitrogens with zero attached hydrogens (tertiary/aromatic N) is 5. The van der Waals surface area contributed by atoms with Gasteiger partial charge >= 0.3 is 0 Å². The smallest absolute Gasteiger partial charge is 0.269 e. The normalized spacial score (nSPS) is 14.3. The van der Waals surface area contributed by atoms with Crippen molar-refractivity contribution in [2.75, 3.05) is 39.2 Å². The van der Waals surface area contributed by atoms with Gasteiger partial charge in [-0.3, -0.25) is 9.48 Å². The molecule has 1 aliphatic rings. The number of carbonyl (C=O) groups excluding carboxylic acids is 1. The van der Waals surface area contributed by atoms with Gasteiger partial charge in [0.1, 0.15) is 11.4 Å². The summed E-state index contributed by atoms with van der Waals surface area (Å²) in [5.41, 5.74) is 2.43. The Hall–Kier alpha value is -3.66. The molecule has 1 aliphatic heterocycles. The summed E-state index contributed by atoms with van der Waals surface area (Å²) in [6, 6.07) is 9.02. The molecule has 2 N–H and O–H groups in total. The van der Waals surface area contributed by atoms with Gasteiger partial charge in [-0.05, 0) is 50.7 Å². The van der Waals surface area contributed by atoms with Crippen molar-refractivity contribution >= 4 is 17.5 Å². The highest BCUT2D eigenvalue weighted by Crippen LogP contribution is 2.30. The first-order valence-electron chi connectivity index (χ1n) is 10.9. The summed E-state index contributed by atoms with van der Waals surface area (Å²) >= 11 is 0. The molecule has 4 rings (SSSR count). The molecule has 10 nitrogen and oxygen atoms in total. The molecule has 1 amide bonds. The molecule has 0 unspecified atom stereocenters. The maximum Gasteiger partial charge on any atom is 0.269 e. The first-order chi connectivity index (χ1) is 16.0. The summed E-state index contributed by atoms with van der Waals surface area (Å²) in [4.78, 5) is 23.9. The van der Waals surface area contributed by atoms with Crippen molar-refractivity contribution in [1.82, 2.24) is 30.0 Å². The minimum Gasteiger partial charge on any atom is -0.493 e. The molecule has 3 aromatic rings. The molecule has 1 saturated heterocycles. The van der Waals surface area contributed by atoms with E-state index in [4.69, 9.17) is 9.47 Å². The largest absolute Gasteiger partial charge is 0.493 e. The number of carbonyl (C=O) groups is 1. The maximum atomic E-state index is 12.8. The molecule has 0 aliphatic carbocycles. The van der Waals surface area contributed by atoms with Gasteiger partial charge in [0.25, 0.3) is 5.91 Å². The summed E-state index contributed by atoms with van der Waals surface area (Å²) in [5.74, 6) is 1.49. The van der Waals surface area contributed by atoms with E-state index in [0.29, 0.717) is 34.5 Å². The average Bonchev–Trinajstić information content (AvgIpc) is 3.18. The van der Waals surface area contributed by atoms with Gasteiger partial charge in [-0.15, -0.1) is 0 Å². The standard InChI is InChI=1S/C23H29N7O3/c1-15(14-30-10-5-11-30)25-22(31)19-13-18(28-29(19)2)17-8-9-24-23(27-17)26-16-6-7-20(32-3)21(12-16)33-4/h6-9,12-13,15H,5,10-11,14H2,1-4H3,(H,25,31)(H,24,26,27)/t15-/m0/s1. The number of rotatable bonds is 9. The monoisotopic (exact) mass is 451 g/mol. The summed E-state index contributed by atoms with van der Waals surface area (Å²) < 4.78 is 12.2. The Morgan fingerprint density at radius 3 is 2.61 bits per heavy atom. The summed E-state index contributed by atoms with van der Waals surface area (Å²) in [6.45, 7) is 5.07. The van der Waals surface area contributed by atoms with Crippen LogP contribution in [0.1, 0.15) is 23.8 Å². The molecule has 3 heterocycles. The van der Waals surface area contributed by atoms with Crippen molar-refractivity contribution < 1.29 is 14.3 Å². The van der Waals surface area contributed by atoms with Crippen LogP contribution in [0.5, 0.6) is 11.5 Å². The van der Waals surface area contributed by atoms with Crippen LogP contribution < -0.4 is 20.1 Å². The molecule has 1 aromatic carbocycles. The number of amides is 1. The van der Waals surface area contributed by atoms with Crippen LogP contribution in [0.4, 0.5) is 11.6 Å². The summed E-state index contributed by atoms with van der Waals surface area (Å²) in [5, 5.41) is 10.7. The van der Waals surface area contributed by atoms with E-state index in [1.807, 2.05) is 13.0 Å². The lowest BCUT2D eigenvalue weighted by molar-refractivity contribution is 0.0905. The Balaban J connectivity index is 1.47. The zero-order valence-electron chi connectivity index (χ0n) is 19.3. The fourth-order valence-corrected chi connectivity index (χ4v) is 3.70. The van der Waals surface area contributed by atoms with Crippen molar-refractivity contribution in [3.05, 3.63) is 42.2 Å². The number of nitrogens with one attached hydrogen (secondary N) is 2. The van der Waals surface area contributed by atoms with E-state index in [0.717, 1.165) is 25.3 Å². The zero-order chi connectivity index (χ0) is 23.4. The van der Waals surface area contributed by atoms with Gasteiger partial charge in [-0.2, -0.15) is 5.10 Å². The summed E-state index contributed by atoms with van der Waals surface area (Å²) in [7, 11) is 4.92. The number of benzene rings is 1. The van der Waals surface area contributed by atoms with E-state index in [1.165, 1.54) is 6.42 Å². The topological polar surface area (TPSA) is 106 Å². The molecule has 0 saturated carbocycles. The third-order valence-electron chi connectivity index (χ3n) is 5.53. The van der Waals surface area contributed by atoms with Gasteiger partial charge in [-0.1, -0.05) is 0 Å². The third kappa shape index (κ3) is 5.23. The average molecular weight is 452 g/mol. The van der Waals surface area contributed by atoms with Crippen LogP contribution in [-0.4, -0.2) is 70.5 Å². The molecular weight excluding hydrogens is 422 g/mol. The maximum absolute atomic E-state index is 12.8. The molecular formula is C23H29N7O3. The first kappa shape index (κ1) is 22.5. The van der Waals surface area contributed by atoms with Gasteiger partial charge in [0.15, 0.2) is 11.5 Å². The molecule has 174 valence electrons. The fraction of sp³-hybridized carbons (Fsp3) is 0.391. The molecule has 2 aromatic heterocycles. The Labute approximate surface area is 192 Å². The Kier molecular flexibility index (Phi) is 6.74. The number of anilines is 2. The molecule has 1 atom stereocenters. The second-order valence-electron chi connectivity index (χ2n) is 8.03. The molecule has 0 spiro atoms. The van der Waals surface area contributed by atoms with Gasteiger partial charge < -0.3 is 25.0 Å². The van der Waals surface area contributed by atoms with Crippen molar-refractivity contribution in [2.24, 2.45) is 7.05 Å². The molecule has 0 bridgehead atoms. The van der Waals surface area contributed by atoms with Gasteiger partial charge in [0.05, 0.1) is 19.9 Å². The number of likely N-dealkylation sites (tertiary alicyclic amines) is 1. The molecule has 0 radical (unpaired) electrons. The van der Waals surface area contributed by atoms with Crippen molar-refractivity contribution in [2.45, 2.75) is 19.4 Å². The number of methoxy groups -OCH3 is 2. The molecule has 33 heavy (non-hydrogen) atoms. The van der Waals surface area contributed by atoms with Crippen LogP contribution in [0.3, 0.4) is 0 Å². The summed E-state index contributed by atoms with van der Waals surface area (Å²) in [6.07, 6.45) is 2.88. The van der Waals surface area contributed by atoms with Crippen molar-refractivity contribution in [1.29, 1.82) is 0 Å². The molecule has 1 fully saturated rings. The number of hydrogen-bond donors (Lipinski definition) is 2. The Morgan fingerprint density at radius 2 is 1.91 bits per heavy atom. The van der Waals surface area contributed by atoms with Gasteiger partial charge in [-0.25, -0.2) is 9.97 Å². The van der Waals surface area contributed by atoms with Crippen LogP contribution in [0.25, 0.3) is 11.4 Å². The van der Waals surface area contributed by atoms with E-state index in [-0.39, 0.29) is 11.9 Å². The van der Waals surface area contributed by atoms with E-state index in [2.05, 4.69) is 30.6 Å². The van der Waals surface area contributed by atoms with Crippen LogP contribution >= 0.6 is 0 Å². The third-order valence-corrected chi connectivity index (χ3v) is 5.53. The van der Waals surface area contributed by atoms with Crippen LogP contribution in [0, 0.1) is 0 Å². The van der Waals surface area contributed by atoms with Crippen LogP contribution in [0.2, 0.25) is 0 Å². The number of aryl methyl sites for hydroxylation is 1. The van der Waals surface area contributed by atoms with Crippen LogP contribution in [0.15, 0.2) is 36.5 Å². The van der Waals surface area contributed by atoms with Gasteiger partial charge in [0, 0.05) is 37.6 Å². The second kappa shape index (κ2) is 9.86. The highest BCUT2D eigenvalue weighted by Gasteiger charge is 2.20. The van der Waals surface area contributed by atoms with E-state index in [1.54, 1.807) is 56.4 Å². The first-order valence-corrected chi connectivity index (χ1v) is 10.9. The predicted molar refractivity (Wildman–Crippen MR) is 125 cm³/mol. The quantitative estimate of drug-likeness (QED) is 0.511. The SMILES string of the molecule is COc1ccc(Nc2nccc(-c3cc(C(=O)N[C@@H](C)CN4CCC4)n(C)n3)n2)cc1OC. The zero-order valence-corrected chi connectivity index (χ0v) is 19.3. The predicted octanol–water partition coefficient (Wildman–Crippen LogP) is 2.46. The Morgan fingerprint density at radius 1 is 1.12 bits per heavy atom. The Bertz CT molecular complexity index is 1130. The minimum absolute atomic E-state index is 0.0625. The molecule has 10 heteroatoms. The highest BCUT2D eigenvalue weighted by molar-refractivity contribution is 5.93. The fourth-order valence-electron chi connectivity index (χ4n) is 3.70. The lowest BCUT2D eigenvalue weighted by Gasteiger charge is -2.33. The van der Waals surface area contributed by atoms with E-state index in [9.17, 15) is 4.79 Å². The van der Waals surface area contributed by atoms with Crippen molar-refractivity contribution in [3.8, 4) is 22.9 Å². The number of aromatic nitrogens is 4. The second-order valence-corrected chi connectivity index (χ2v) is 8.03. The lowest BCUT2D eigenvalue weighted by atomic mass is 10.2. The van der Waals surface area contributed by atoms with E-state index >= 15 is 0 Å². The number of hydrogen-bond acceptors (Lipinski definition) is 8. The minimum atomic E-state index is -0.151. The lowest BCUT2D eigenvalue weighted by Crippen LogP contribution is -2.47. The highest BCUT2D eigenvalue weighted by atomic mass is 16.5. The number of ether oxygens (including phenoxy) is 2.